The number of benzene rings is 2. The first kappa shape index (κ1) is 16.5. The molecule has 2 aromatic rings. The molecule has 2 N–H and O–H groups in total. The summed E-state index contributed by atoms with van der Waals surface area (Å²) in [6.07, 6.45) is -0.584. The van der Waals surface area contributed by atoms with Crippen molar-refractivity contribution in [3.8, 4) is 5.75 Å². The molecule has 0 aromatic heterocycles. The maximum Gasteiger partial charge on any atom is 0.121 e. The molecule has 1 atom stereocenters. The van der Waals surface area contributed by atoms with Crippen LogP contribution in [0.15, 0.2) is 48.5 Å². The van der Waals surface area contributed by atoms with E-state index in [0.717, 1.165) is 17.1 Å². The minimum absolute atomic E-state index is 0.241. The van der Waals surface area contributed by atoms with E-state index in [9.17, 15) is 5.11 Å². The Balaban J connectivity index is 1.84. The highest BCUT2D eigenvalue weighted by molar-refractivity contribution is 6.30. The molecule has 118 valence electrons. The second kappa shape index (κ2) is 7.92. The van der Waals surface area contributed by atoms with E-state index in [1.165, 1.54) is 0 Å². The summed E-state index contributed by atoms with van der Waals surface area (Å²) in [5.74, 6) is 0.736. The molecule has 0 aliphatic rings. The van der Waals surface area contributed by atoms with Gasteiger partial charge in [0.25, 0.3) is 0 Å². The van der Waals surface area contributed by atoms with Crippen molar-refractivity contribution in [3.05, 3.63) is 53.6 Å². The predicted molar refractivity (Wildman–Crippen MR) is 92.2 cm³/mol. The largest absolute Gasteiger partial charge is 0.491 e. The van der Waals surface area contributed by atoms with E-state index >= 15 is 0 Å². The molecule has 5 heteroatoms. The van der Waals surface area contributed by atoms with Gasteiger partial charge in [-0.15, -0.1) is 0 Å². The highest BCUT2D eigenvalue weighted by Crippen LogP contribution is 2.18. The van der Waals surface area contributed by atoms with Crippen LogP contribution in [0, 0.1) is 0 Å². The van der Waals surface area contributed by atoms with Crippen LogP contribution in [0.1, 0.15) is 0 Å². The van der Waals surface area contributed by atoms with Crippen LogP contribution >= 0.6 is 11.6 Å². The maximum atomic E-state index is 10.1. The number of anilines is 2. The molecule has 1 unspecified atom stereocenters. The highest BCUT2D eigenvalue weighted by Gasteiger charge is 2.10. The summed E-state index contributed by atoms with van der Waals surface area (Å²) in [5.41, 5.74) is 1.98. The van der Waals surface area contributed by atoms with Gasteiger partial charge in [0.05, 0.1) is 0 Å². The minimum Gasteiger partial charge on any atom is -0.491 e. The molecule has 0 aliphatic heterocycles. The molecule has 0 spiro atoms. The van der Waals surface area contributed by atoms with E-state index in [1.807, 2.05) is 67.5 Å². The lowest BCUT2D eigenvalue weighted by molar-refractivity contribution is 0.113. The van der Waals surface area contributed by atoms with Gasteiger partial charge >= 0.3 is 0 Å². The number of hydrogen-bond donors (Lipinski definition) is 2. The Hall–Kier alpha value is -1.91. The molecular formula is C17H21ClN2O2. The fourth-order valence-electron chi connectivity index (χ4n) is 2.10. The Labute approximate surface area is 136 Å². The lowest BCUT2D eigenvalue weighted by Gasteiger charge is -2.23. The summed E-state index contributed by atoms with van der Waals surface area (Å²) in [6.45, 7) is 0.721. The fraction of sp³-hybridized carbons (Fsp3) is 0.294. The second-order valence-corrected chi connectivity index (χ2v) is 5.54. The summed E-state index contributed by atoms with van der Waals surface area (Å²) in [6, 6.07) is 15.1. The Kier molecular flexibility index (Phi) is 5.92. The zero-order chi connectivity index (χ0) is 15.9. The average Bonchev–Trinajstić information content (AvgIpc) is 2.53. The Morgan fingerprint density at radius 1 is 1.23 bits per heavy atom. The lowest BCUT2D eigenvalue weighted by atomic mass is 10.2. The molecule has 2 aromatic carbocycles. The van der Waals surface area contributed by atoms with Crippen LogP contribution in [0.5, 0.6) is 5.75 Å². The first-order chi connectivity index (χ1) is 10.6. The van der Waals surface area contributed by atoms with E-state index in [-0.39, 0.29) is 6.61 Å². The first-order valence-corrected chi connectivity index (χ1v) is 7.51. The van der Waals surface area contributed by atoms with Crippen molar-refractivity contribution in [1.29, 1.82) is 0 Å². The monoisotopic (exact) mass is 320 g/mol. The fourth-order valence-corrected chi connectivity index (χ4v) is 2.23. The van der Waals surface area contributed by atoms with E-state index in [4.69, 9.17) is 16.3 Å². The molecule has 0 fully saturated rings. The van der Waals surface area contributed by atoms with Crippen molar-refractivity contribution in [2.45, 2.75) is 6.10 Å². The van der Waals surface area contributed by atoms with Crippen LogP contribution in [-0.2, 0) is 0 Å². The number of aliphatic hydroxyl groups excluding tert-OH is 1. The molecule has 0 saturated heterocycles. The van der Waals surface area contributed by atoms with Gasteiger partial charge in [-0.3, -0.25) is 0 Å². The van der Waals surface area contributed by atoms with E-state index in [1.54, 1.807) is 0 Å². The van der Waals surface area contributed by atoms with Crippen LogP contribution in [0.2, 0.25) is 5.02 Å². The van der Waals surface area contributed by atoms with E-state index in [0.29, 0.717) is 11.6 Å². The van der Waals surface area contributed by atoms with Gasteiger partial charge < -0.3 is 20.1 Å². The lowest BCUT2D eigenvalue weighted by Crippen LogP contribution is -2.33. The number of aliphatic hydroxyl groups is 1. The smallest absolute Gasteiger partial charge is 0.121 e. The SMILES string of the molecule is CNc1cccc(OCC(O)CN(C)c2ccc(Cl)cc2)c1. The van der Waals surface area contributed by atoms with Crippen molar-refractivity contribution in [2.24, 2.45) is 0 Å². The topological polar surface area (TPSA) is 44.7 Å². The minimum atomic E-state index is -0.584. The molecule has 4 nitrogen and oxygen atoms in total. The maximum absolute atomic E-state index is 10.1. The third-order valence-corrected chi connectivity index (χ3v) is 3.57. The van der Waals surface area contributed by atoms with Crippen molar-refractivity contribution in [1.82, 2.24) is 0 Å². The third kappa shape index (κ3) is 4.83. The standard InChI is InChI=1S/C17H21ClN2O2/c1-19-14-4-3-5-17(10-14)22-12-16(21)11-20(2)15-8-6-13(18)7-9-15/h3-10,16,19,21H,11-12H2,1-2H3. The summed E-state index contributed by atoms with van der Waals surface area (Å²) in [7, 11) is 3.78. The predicted octanol–water partition coefficient (Wildman–Crippen LogP) is 3.26. The van der Waals surface area contributed by atoms with Crippen LogP contribution < -0.4 is 15.0 Å². The summed E-state index contributed by atoms with van der Waals surface area (Å²) in [5, 5.41) is 13.9. The molecule has 0 heterocycles. The summed E-state index contributed by atoms with van der Waals surface area (Å²) < 4.78 is 5.63. The Bertz CT molecular complexity index is 589. The van der Waals surface area contributed by atoms with Gasteiger partial charge in [-0.1, -0.05) is 17.7 Å². The summed E-state index contributed by atoms with van der Waals surface area (Å²) >= 11 is 5.87. The third-order valence-electron chi connectivity index (χ3n) is 3.32. The molecule has 22 heavy (non-hydrogen) atoms. The molecule has 0 radical (unpaired) electrons. The Morgan fingerprint density at radius 3 is 2.64 bits per heavy atom. The number of nitrogens with zero attached hydrogens (tertiary/aromatic N) is 1. The molecular weight excluding hydrogens is 300 g/mol. The van der Waals surface area contributed by atoms with Crippen molar-refractivity contribution in [2.75, 3.05) is 37.5 Å². The number of rotatable bonds is 7. The van der Waals surface area contributed by atoms with Crippen molar-refractivity contribution < 1.29 is 9.84 Å². The zero-order valence-electron chi connectivity index (χ0n) is 12.8. The molecule has 0 saturated carbocycles. The number of hydrogen-bond acceptors (Lipinski definition) is 4. The molecule has 0 aliphatic carbocycles. The van der Waals surface area contributed by atoms with Crippen molar-refractivity contribution >= 4 is 23.0 Å². The van der Waals surface area contributed by atoms with Gasteiger partial charge in [-0.2, -0.15) is 0 Å². The number of halogens is 1. The van der Waals surface area contributed by atoms with Gasteiger partial charge in [-0.25, -0.2) is 0 Å². The van der Waals surface area contributed by atoms with Crippen LogP contribution in [0.3, 0.4) is 0 Å². The van der Waals surface area contributed by atoms with Gasteiger partial charge in [0.1, 0.15) is 18.5 Å². The highest BCUT2D eigenvalue weighted by atomic mass is 35.5. The molecule has 2 rings (SSSR count). The van der Waals surface area contributed by atoms with E-state index in [2.05, 4.69) is 5.32 Å². The number of nitrogens with one attached hydrogen (secondary N) is 1. The first-order valence-electron chi connectivity index (χ1n) is 7.14. The molecule has 0 amide bonds. The van der Waals surface area contributed by atoms with Crippen molar-refractivity contribution in [3.63, 3.8) is 0 Å². The number of likely N-dealkylation sites (N-methyl/N-ethyl adjacent to an activating group) is 1. The summed E-state index contributed by atoms with van der Waals surface area (Å²) in [4.78, 5) is 1.97. The van der Waals surface area contributed by atoms with Gasteiger partial charge in [0, 0.05) is 43.1 Å². The average molecular weight is 321 g/mol. The quantitative estimate of drug-likeness (QED) is 0.822. The van der Waals surface area contributed by atoms with Gasteiger partial charge in [-0.05, 0) is 36.4 Å². The van der Waals surface area contributed by atoms with Gasteiger partial charge in [0.15, 0.2) is 0 Å². The normalized spacial score (nSPS) is 11.8. The zero-order valence-corrected chi connectivity index (χ0v) is 13.5. The Morgan fingerprint density at radius 2 is 1.95 bits per heavy atom. The molecule has 0 bridgehead atoms. The van der Waals surface area contributed by atoms with Crippen LogP contribution in [0.25, 0.3) is 0 Å². The van der Waals surface area contributed by atoms with Crippen LogP contribution in [0.4, 0.5) is 11.4 Å². The second-order valence-electron chi connectivity index (χ2n) is 5.10. The van der Waals surface area contributed by atoms with Gasteiger partial charge in [0.2, 0.25) is 0 Å². The van der Waals surface area contributed by atoms with Crippen LogP contribution in [-0.4, -0.2) is 38.5 Å². The number of ether oxygens (including phenoxy) is 1. The van der Waals surface area contributed by atoms with E-state index < -0.39 is 6.10 Å².